The molecule has 0 saturated heterocycles. The van der Waals surface area contributed by atoms with Crippen LogP contribution in [-0.2, 0) is 0 Å². The van der Waals surface area contributed by atoms with E-state index in [2.05, 4.69) is 12.2 Å². The van der Waals surface area contributed by atoms with E-state index in [4.69, 9.17) is 5.73 Å². The van der Waals surface area contributed by atoms with Crippen LogP contribution in [0.15, 0.2) is 0 Å². The summed E-state index contributed by atoms with van der Waals surface area (Å²) in [4.78, 5) is 0. The lowest BCUT2D eigenvalue weighted by molar-refractivity contribution is 0.236. The molecule has 2 nitrogen and oxygen atoms in total. The minimum atomic E-state index is 0.449. The van der Waals surface area contributed by atoms with Gasteiger partial charge in [-0.05, 0) is 44.9 Å². The van der Waals surface area contributed by atoms with E-state index in [9.17, 15) is 0 Å². The Bertz CT molecular complexity index is 199. The molecule has 0 aromatic carbocycles. The Labute approximate surface area is 100 Å². The molecule has 2 aliphatic carbocycles. The Morgan fingerprint density at radius 1 is 1.00 bits per heavy atom. The standard InChI is InChI=1S/C14H28N2/c1-11(12-6-3-2-4-7-12)16-14-9-5-8-13(15)10-14/h11-14,16H,2-10,15H2,1H3/t11-,13?,14?/m1/s1. The fraction of sp³-hybridized carbons (Fsp3) is 1.00. The second-order valence-electron chi connectivity index (χ2n) is 5.98. The summed E-state index contributed by atoms with van der Waals surface area (Å²) in [5.74, 6) is 0.923. The molecule has 0 radical (unpaired) electrons. The lowest BCUT2D eigenvalue weighted by Crippen LogP contribution is -2.46. The molecule has 2 heteroatoms. The van der Waals surface area contributed by atoms with E-state index in [1.165, 1.54) is 57.8 Å². The molecule has 2 rings (SSSR count). The first-order valence-corrected chi connectivity index (χ1v) is 7.27. The van der Waals surface area contributed by atoms with Gasteiger partial charge in [-0.3, -0.25) is 0 Å². The predicted molar refractivity (Wildman–Crippen MR) is 69.4 cm³/mol. The summed E-state index contributed by atoms with van der Waals surface area (Å²) in [6.45, 7) is 2.39. The second kappa shape index (κ2) is 6.02. The van der Waals surface area contributed by atoms with Crippen LogP contribution in [0.2, 0.25) is 0 Å². The highest BCUT2D eigenvalue weighted by atomic mass is 15.0. The molecule has 2 aliphatic rings. The Hall–Kier alpha value is -0.0800. The van der Waals surface area contributed by atoms with E-state index in [1.54, 1.807) is 0 Å². The van der Waals surface area contributed by atoms with Crippen molar-refractivity contribution in [3.05, 3.63) is 0 Å². The van der Waals surface area contributed by atoms with Gasteiger partial charge < -0.3 is 11.1 Å². The smallest absolute Gasteiger partial charge is 0.00843 e. The minimum absolute atomic E-state index is 0.449. The van der Waals surface area contributed by atoms with Crippen LogP contribution >= 0.6 is 0 Å². The molecule has 3 N–H and O–H groups in total. The van der Waals surface area contributed by atoms with E-state index in [0.29, 0.717) is 18.1 Å². The van der Waals surface area contributed by atoms with E-state index < -0.39 is 0 Å². The molecule has 2 saturated carbocycles. The lowest BCUT2D eigenvalue weighted by atomic mass is 9.83. The van der Waals surface area contributed by atoms with Crippen LogP contribution < -0.4 is 11.1 Å². The molecule has 3 atom stereocenters. The van der Waals surface area contributed by atoms with Gasteiger partial charge in [0.15, 0.2) is 0 Å². The van der Waals surface area contributed by atoms with Gasteiger partial charge in [-0.25, -0.2) is 0 Å². The summed E-state index contributed by atoms with van der Waals surface area (Å²) in [5, 5.41) is 3.84. The summed E-state index contributed by atoms with van der Waals surface area (Å²) >= 11 is 0. The van der Waals surface area contributed by atoms with E-state index in [0.717, 1.165) is 5.92 Å². The first-order valence-electron chi connectivity index (χ1n) is 7.27. The lowest BCUT2D eigenvalue weighted by Gasteiger charge is -2.34. The zero-order valence-electron chi connectivity index (χ0n) is 10.8. The molecule has 0 amide bonds. The zero-order valence-corrected chi connectivity index (χ0v) is 10.8. The van der Waals surface area contributed by atoms with Gasteiger partial charge in [0.1, 0.15) is 0 Å². The van der Waals surface area contributed by atoms with Crippen molar-refractivity contribution in [1.82, 2.24) is 5.32 Å². The van der Waals surface area contributed by atoms with Crippen LogP contribution in [-0.4, -0.2) is 18.1 Å². The highest BCUT2D eigenvalue weighted by Gasteiger charge is 2.25. The molecular formula is C14H28N2. The molecule has 0 aromatic heterocycles. The van der Waals surface area contributed by atoms with Gasteiger partial charge in [0, 0.05) is 18.1 Å². The van der Waals surface area contributed by atoms with Crippen LogP contribution in [0, 0.1) is 5.92 Å². The monoisotopic (exact) mass is 224 g/mol. The average molecular weight is 224 g/mol. The number of hydrogen-bond donors (Lipinski definition) is 2. The van der Waals surface area contributed by atoms with Gasteiger partial charge in [-0.1, -0.05) is 25.7 Å². The Morgan fingerprint density at radius 3 is 2.44 bits per heavy atom. The normalized spacial score (nSPS) is 34.9. The maximum atomic E-state index is 6.04. The van der Waals surface area contributed by atoms with Crippen molar-refractivity contribution in [1.29, 1.82) is 0 Å². The quantitative estimate of drug-likeness (QED) is 0.773. The van der Waals surface area contributed by atoms with Crippen molar-refractivity contribution < 1.29 is 0 Å². The van der Waals surface area contributed by atoms with Gasteiger partial charge in [-0.2, -0.15) is 0 Å². The van der Waals surface area contributed by atoms with E-state index in [1.807, 2.05) is 0 Å². The number of nitrogens with one attached hydrogen (secondary N) is 1. The third-order valence-corrected chi connectivity index (χ3v) is 4.57. The third-order valence-electron chi connectivity index (χ3n) is 4.57. The molecule has 0 aliphatic heterocycles. The Balaban J connectivity index is 1.74. The maximum Gasteiger partial charge on any atom is 0.00843 e. The molecule has 2 fully saturated rings. The highest BCUT2D eigenvalue weighted by Crippen LogP contribution is 2.27. The van der Waals surface area contributed by atoms with Gasteiger partial charge in [-0.15, -0.1) is 0 Å². The van der Waals surface area contributed by atoms with Gasteiger partial charge >= 0.3 is 0 Å². The number of rotatable bonds is 3. The van der Waals surface area contributed by atoms with Crippen LogP contribution in [0.25, 0.3) is 0 Å². The van der Waals surface area contributed by atoms with Gasteiger partial charge in [0.2, 0.25) is 0 Å². The summed E-state index contributed by atoms with van der Waals surface area (Å²) in [5.41, 5.74) is 6.04. The van der Waals surface area contributed by atoms with Crippen molar-refractivity contribution in [2.24, 2.45) is 11.7 Å². The van der Waals surface area contributed by atoms with Gasteiger partial charge in [0.05, 0.1) is 0 Å². The van der Waals surface area contributed by atoms with E-state index in [-0.39, 0.29) is 0 Å². The SMILES string of the molecule is C[C@@H](NC1CCCC(N)C1)C1CCCCC1. The number of nitrogens with two attached hydrogens (primary N) is 1. The van der Waals surface area contributed by atoms with Crippen molar-refractivity contribution >= 4 is 0 Å². The molecule has 16 heavy (non-hydrogen) atoms. The topological polar surface area (TPSA) is 38.0 Å². The largest absolute Gasteiger partial charge is 0.328 e. The van der Waals surface area contributed by atoms with Crippen LogP contribution in [0.4, 0.5) is 0 Å². The number of hydrogen-bond acceptors (Lipinski definition) is 2. The third kappa shape index (κ3) is 3.46. The maximum absolute atomic E-state index is 6.04. The highest BCUT2D eigenvalue weighted by molar-refractivity contribution is 4.84. The van der Waals surface area contributed by atoms with Crippen molar-refractivity contribution in [3.63, 3.8) is 0 Å². The fourth-order valence-electron chi connectivity index (χ4n) is 3.52. The summed E-state index contributed by atoms with van der Waals surface area (Å²) in [7, 11) is 0. The molecule has 0 spiro atoms. The zero-order chi connectivity index (χ0) is 11.4. The molecule has 2 unspecified atom stereocenters. The molecule has 0 aromatic rings. The summed E-state index contributed by atoms with van der Waals surface area (Å²) in [6, 6.07) is 1.85. The van der Waals surface area contributed by atoms with Crippen molar-refractivity contribution in [2.75, 3.05) is 0 Å². The minimum Gasteiger partial charge on any atom is -0.328 e. The average Bonchev–Trinajstić information content (AvgIpc) is 2.30. The van der Waals surface area contributed by atoms with Crippen LogP contribution in [0.5, 0.6) is 0 Å². The van der Waals surface area contributed by atoms with Crippen molar-refractivity contribution in [3.8, 4) is 0 Å². The Morgan fingerprint density at radius 2 is 1.75 bits per heavy atom. The molecular weight excluding hydrogens is 196 g/mol. The van der Waals surface area contributed by atoms with Gasteiger partial charge in [0.25, 0.3) is 0 Å². The van der Waals surface area contributed by atoms with E-state index >= 15 is 0 Å². The second-order valence-corrected chi connectivity index (χ2v) is 5.98. The van der Waals surface area contributed by atoms with Crippen molar-refractivity contribution in [2.45, 2.75) is 82.8 Å². The molecule has 0 heterocycles. The summed E-state index contributed by atoms with van der Waals surface area (Å²) < 4.78 is 0. The molecule has 0 bridgehead atoms. The fourth-order valence-corrected chi connectivity index (χ4v) is 3.52. The Kier molecular flexibility index (Phi) is 4.66. The van der Waals surface area contributed by atoms with Crippen LogP contribution in [0.1, 0.15) is 64.7 Å². The first kappa shape index (κ1) is 12.4. The predicted octanol–water partition coefficient (Wildman–Crippen LogP) is 2.81. The molecule has 94 valence electrons. The van der Waals surface area contributed by atoms with Crippen LogP contribution in [0.3, 0.4) is 0 Å². The first-order chi connectivity index (χ1) is 7.75. The summed E-state index contributed by atoms with van der Waals surface area (Å²) in [6.07, 6.45) is 12.3.